The maximum absolute atomic E-state index is 12.5. The van der Waals surface area contributed by atoms with Crippen LogP contribution in [-0.2, 0) is 4.79 Å². The summed E-state index contributed by atoms with van der Waals surface area (Å²) in [6, 6.07) is -0.204. The molecule has 0 bridgehead atoms. The van der Waals surface area contributed by atoms with Crippen LogP contribution in [0.15, 0.2) is 11.4 Å². The lowest BCUT2D eigenvalue weighted by molar-refractivity contribution is -0.128. The van der Waals surface area contributed by atoms with Crippen LogP contribution >= 0.6 is 11.3 Å². The number of amides is 1. The molecule has 0 spiro atoms. The molecule has 1 heterocycles. The van der Waals surface area contributed by atoms with E-state index in [1.54, 1.807) is 17.5 Å². The van der Waals surface area contributed by atoms with E-state index < -0.39 is 5.41 Å². The molecular formula is C13H22N4O2S. The van der Waals surface area contributed by atoms with E-state index in [9.17, 15) is 4.79 Å². The summed E-state index contributed by atoms with van der Waals surface area (Å²) in [5.74, 6) is -0.291. The topological polar surface area (TPSA) is 101 Å². The van der Waals surface area contributed by atoms with Crippen molar-refractivity contribution in [1.82, 2.24) is 10.3 Å². The van der Waals surface area contributed by atoms with Crippen molar-refractivity contribution in [3.05, 3.63) is 16.1 Å². The molecule has 7 heteroatoms. The van der Waals surface area contributed by atoms with E-state index >= 15 is 0 Å². The molecule has 0 saturated heterocycles. The molecule has 1 aromatic rings. The summed E-state index contributed by atoms with van der Waals surface area (Å²) in [5.41, 5.74) is 4.74. The molecule has 1 aromatic heterocycles. The van der Waals surface area contributed by atoms with Gasteiger partial charge in [0, 0.05) is 11.1 Å². The van der Waals surface area contributed by atoms with Crippen LogP contribution in [0.2, 0.25) is 0 Å². The molecule has 0 aliphatic heterocycles. The first kappa shape index (κ1) is 16.4. The van der Waals surface area contributed by atoms with Crippen molar-refractivity contribution in [2.75, 3.05) is 0 Å². The number of nitrogens with zero attached hydrogens (tertiary/aromatic N) is 2. The molecule has 112 valence electrons. The molecule has 0 aromatic carbocycles. The fourth-order valence-electron chi connectivity index (χ4n) is 2.11. The van der Waals surface area contributed by atoms with Crippen molar-refractivity contribution in [2.45, 2.75) is 46.6 Å². The van der Waals surface area contributed by atoms with E-state index in [-0.39, 0.29) is 17.8 Å². The Morgan fingerprint density at radius 2 is 2.20 bits per heavy atom. The summed E-state index contributed by atoms with van der Waals surface area (Å²) in [4.78, 5) is 17.9. The lowest BCUT2D eigenvalue weighted by Gasteiger charge is -2.29. The van der Waals surface area contributed by atoms with Crippen molar-refractivity contribution in [3.8, 4) is 0 Å². The van der Waals surface area contributed by atoms with Gasteiger partial charge in [0.2, 0.25) is 5.91 Å². The number of hydrogen-bond acceptors (Lipinski definition) is 5. The number of hydrogen-bond donors (Lipinski definition) is 3. The first-order valence-electron chi connectivity index (χ1n) is 6.62. The van der Waals surface area contributed by atoms with Crippen molar-refractivity contribution < 1.29 is 10.0 Å². The quantitative estimate of drug-likeness (QED) is 0.324. The average molecular weight is 298 g/mol. The van der Waals surface area contributed by atoms with Crippen LogP contribution < -0.4 is 11.1 Å². The van der Waals surface area contributed by atoms with E-state index in [0.717, 1.165) is 9.88 Å². The summed E-state index contributed by atoms with van der Waals surface area (Å²) >= 11 is 1.54. The van der Waals surface area contributed by atoms with Crippen molar-refractivity contribution >= 4 is 23.1 Å². The minimum absolute atomic E-state index is 0.0532. The van der Waals surface area contributed by atoms with Gasteiger partial charge in [-0.2, -0.15) is 0 Å². The van der Waals surface area contributed by atoms with Crippen molar-refractivity contribution in [1.29, 1.82) is 0 Å². The van der Waals surface area contributed by atoms with Gasteiger partial charge in [-0.25, -0.2) is 4.98 Å². The zero-order valence-electron chi connectivity index (χ0n) is 12.3. The summed E-state index contributed by atoms with van der Waals surface area (Å²) in [7, 11) is 0. The second-order valence-electron chi connectivity index (χ2n) is 4.78. The van der Waals surface area contributed by atoms with Crippen LogP contribution in [0.3, 0.4) is 0 Å². The van der Waals surface area contributed by atoms with Gasteiger partial charge in [0.25, 0.3) is 0 Å². The van der Waals surface area contributed by atoms with Gasteiger partial charge in [0.1, 0.15) is 10.4 Å². The van der Waals surface area contributed by atoms with Gasteiger partial charge in [0.05, 0.1) is 6.04 Å². The Morgan fingerprint density at radius 1 is 1.60 bits per heavy atom. The highest BCUT2D eigenvalue weighted by Gasteiger charge is 2.40. The predicted octanol–water partition coefficient (Wildman–Crippen LogP) is 2.18. The molecule has 1 unspecified atom stereocenters. The van der Waals surface area contributed by atoms with E-state index in [2.05, 4.69) is 15.5 Å². The second-order valence-corrected chi connectivity index (χ2v) is 6.05. The SMILES string of the molecule is CCC(CC)(C(=O)NC(C)c1ncc(C)s1)/C(N)=N/O. The molecule has 0 aliphatic rings. The lowest BCUT2D eigenvalue weighted by atomic mass is 9.80. The van der Waals surface area contributed by atoms with Gasteiger partial charge in [0.15, 0.2) is 5.84 Å². The third kappa shape index (κ3) is 3.09. The number of thiazole rings is 1. The zero-order valence-corrected chi connectivity index (χ0v) is 13.1. The smallest absolute Gasteiger partial charge is 0.234 e. The minimum Gasteiger partial charge on any atom is -0.409 e. The average Bonchev–Trinajstić information content (AvgIpc) is 2.87. The number of rotatable bonds is 6. The van der Waals surface area contributed by atoms with E-state index in [1.165, 1.54) is 0 Å². The number of oxime groups is 1. The molecule has 1 rings (SSSR count). The largest absolute Gasteiger partial charge is 0.409 e. The zero-order chi connectivity index (χ0) is 15.3. The van der Waals surface area contributed by atoms with Crippen molar-refractivity contribution in [2.24, 2.45) is 16.3 Å². The minimum atomic E-state index is -0.977. The Balaban J connectivity index is 2.92. The molecule has 4 N–H and O–H groups in total. The summed E-state index contributed by atoms with van der Waals surface area (Å²) < 4.78 is 0. The van der Waals surface area contributed by atoms with Crippen molar-refractivity contribution in [3.63, 3.8) is 0 Å². The Morgan fingerprint density at radius 3 is 2.60 bits per heavy atom. The van der Waals surface area contributed by atoms with Crippen LogP contribution in [0.1, 0.15) is 49.5 Å². The highest BCUT2D eigenvalue weighted by Crippen LogP contribution is 2.29. The molecular weight excluding hydrogens is 276 g/mol. The highest BCUT2D eigenvalue weighted by molar-refractivity contribution is 7.11. The van der Waals surface area contributed by atoms with Crippen LogP contribution in [0, 0.1) is 12.3 Å². The van der Waals surface area contributed by atoms with Gasteiger partial charge >= 0.3 is 0 Å². The second kappa shape index (κ2) is 6.69. The van der Waals surface area contributed by atoms with Crippen LogP contribution in [0.5, 0.6) is 0 Å². The maximum Gasteiger partial charge on any atom is 0.234 e. The summed E-state index contributed by atoms with van der Waals surface area (Å²) in [6.07, 6.45) is 2.71. The molecule has 1 amide bonds. The van der Waals surface area contributed by atoms with E-state index in [4.69, 9.17) is 10.9 Å². The third-order valence-electron chi connectivity index (χ3n) is 3.60. The number of carbonyl (C=O) groups is 1. The number of carbonyl (C=O) groups excluding carboxylic acids is 1. The molecule has 0 fully saturated rings. The first-order chi connectivity index (χ1) is 9.41. The summed E-state index contributed by atoms with van der Waals surface area (Å²) in [6.45, 7) is 7.53. The molecule has 1 atom stereocenters. The molecule has 0 saturated carbocycles. The van der Waals surface area contributed by atoms with Gasteiger partial charge in [-0.15, -0.1) is 11.3 Å². The van der Waals surface area contributed by atoms with Gasteiger partial charge in [-0.1, -0.05) is 19.0 Å². The molecule has 20 heavy (non-hydrogen) atoms. The molecule has 6 nitrogen and oxygen atoms in total. The number of amidine groups is 1. The first-order valence-corrected chi connectivity index (χ1v) is 7.44. The number of nitrogens with one attached hydrogen (secondary N) is 1. The number of aromatic nitrogens is 1. The summed E-state index contributed by atoms with van der Waals surface area (Å²) in [5, 5.41) is 15.7. The van der Waals surface area contributed by atoms with Crippen LogP contribution in [0.4, 0.5) is 0 Å². The number of nitrogens with two attached hydrogens (primary N) is 1. The maximum atomic E-state index is 12.5. The standard InChI is InChI=1S/C13H22N4O2S/c1-5-13(6-2,11(14)17-19)12(18)16-9(4)10-15-7-8(3)20-10/h7,9,19H,5-6H2,1-4H3,(H2,14,17)(H,16,18). The Labute approximate surface area is 123 Å². The van der Waals surface area contributed by atoms with E-state index in [1.807, 2.05) is 27.7 Å². The fourth-order valence-corrected chi connectivity index (χ4v) is 2.89. The lowest BCUT2D eigenvalue weighted by Crippen LogP contribution is -2.49. The van der Waals surface area contributed by atoms with Gasteiger partial charge in [-0.3, -0.25) is 4.79 Å². The third-order valence-corrected chi connectivity index (χ3v) is 4.69. The van der Waals surface area contributed by atoms with Crippen LogP contribution in [-0.4, -0.2) is 21.9 Å². The van der Waals surface area contributed by atoms with Crippen LogP contribution in [0.25, 0.3) is 0 Å². The fraction of sp³-hybridized carbons (Fsp3) is 0.615. The Kier molecular flexibility index (Phi) is 5.50. The van der Waals surface area contributed by atoms with Gasteiger partial charge < -0.3 is 16.3 Å². The monoisotopic (exact) mass is 298 g/mol. The van der Waals surface area contributed by atoms with Gasteiger partial charge in [-0.05, 0) is 26.7 Å². The normalized spacial score (nSPS) is 14.1. The Bertz CT molecular complexity index is 494. The predicted molar refractivity (Wildman–Crippen MR) is 79.8 cm³/mol. The molecule has 0 radical (unpaired) electrons. The van der Waals surface area contributed by atoms with E-state index in [0.29, 0.717) is 12.8 Å². The molecule has 0 aliphatic carbocycles. The Hall–Kier alpha value is -1.63. The highest BCUT2D eigenvalue weighted by atomic mass is 32.1. The number of aryl methyl sites for hydroxylation is 1.